The van der Waals surface area contributed by atoms with Crippen LogP contribution >= 0.6 is 27.5 Å². The first-order valence-corrected chi connectivity index (χ1v) is 9.91. The fourth-order valence-electron chi connectivity index (χ4n) is 3.19. The number of methoxy groups -OCH3 is 2. The van der Waals surface area contributed by atoms with E-state index in [1.807, 2.05) is 25.1 Å². The molecule has 0 atom stereocenters. The van der Waals surface area contributed by atoms with Crippen molar-refractivity contribution in [3.8, 4) is 5.75 Å². The molecule has 1 heterocycles. The van der Waals surface area contributed by atoms with Gasteiger partial charge in [0.05, 0.1) is 31.1 Å². The molecule has 150 valence electrons. The van der Waals surface area contributed by atoms with E-state index in [4.69, 9.17) is 21.1 Å². The van der Waals surface area contributed by atoms with E-state index in [9.17, 15) is 9.59 Å². The highest BCUT2D eigenvalue weighted by Crippen LogP contribution is 2.38. The highest BCUT2D eigenvalue weighted by atomic mass is 79.9. The van der Waals surface area contributed by atoms with Gasteiger partial charge in [-0.2, -0.15) is 0 Å². The van der Waals surface area contributed by atoms with Crippen LogP contribution in [-0.4, -0.2) is 26.1 Å². The van der Waals surface area contributed by atoms with Crippen molar-refractivity contribution in [2.24, 2.45) is 0 Å². The molecule has 1 amide bonds. The van der Waals surface area contributed by atoms with E-state index in [1.165, 1.54) is 12.0 Å². The number of rotatable bonds is 4. The molecule has 0 fully saturated rings. The van der Waals surface area contributed by atoms with Gasteiger partial charge in [0.15, 0.2) is 0 Å². The van der Waals surface area contributed by atoms with Gasteiger partial charge in [0, 0.05) is 20.8 Å². The Labute approximate surface area is 182 Å². The fraction of sp³-hybridized carbons (Fsp3) is 0.182. The maximum absolute atomic E-state index is 13.3. The predicted octanol–water partition coefficient (Wildman–Crippen LogP) is 5.30. The molecule has 0 aliphatic carbocycles. The minimum atomic E-state index is -0.586. The number of esters is 1. The zero-order valence-corrected chi connectivity index (χ0v) is 18.7. The third kappa shape index (κ3) is 3.95. The van der Waals surface area contributed by atoms with Crippen molar-refractivity contribution in [1.29, 1.82) is 0 Å². The Morgan fingerprint density at radius 3 is 2.48 bits per heavy atom. The second kappa shape index (κ2) is 8.43. The number of allylic oxidation sites excluding steroid dienone is 1. The lowest BCUT2D eigenvalue weighted by atomic mass is 10.0. The predicted molar refractivity (Wildman–Crippen MR) is 117 cm³/mol. The van der Waals surface area contributed by atoms with Crippen LogP contribution in [0.5, 0.6) is 5.75 Å². The van der Waals surface area contributed by atoms with Crippen LogP contribution in [0.4, 0.5) is 5.69 Å². The molecule has 1 aliphatic rings. The standard InChI is InChI=1S/C22H19BrClNO4/c1-12-5-7-16(11-18(12)24)25-13(2)20(22(27)29-4)17(21(25)26)10-14-9-15(23)6-8-19(14)28-3/h5-11H,1-4H3/b17-10-. The van der Waals surface area contributed by atoms with E-state index in [0.717, 1.165) is 10.0 Å². The van der Waals surface area contributed by atoms with E-state index in [1.54, 1.807) is 38.3 Å². The maximum atomic E-state index is 13.3. The van der Waals surface area contributed by atoms with E-state index in [2.05, 4.69) is 15.9 Å². The number of halogens is 2. The van der Waals surface area contributed by atoms with Gasteiger partial charge in [-0.1, -0.05) is 33.6 Å². The highest BCUT2D eigenvalue weighted by molar-refractivity contribution is 9.10. The quantitative estimate of drug-likeness (QED) is 0.444. The lowest BCUT2D eigenvalue weighted by Gasteiger charge is -2.18. The minimum Gasteiger partial charge on any atom is -0.496 e. The van der Waals surface area contributed by atoms with Crippen molar-refractivity contribution in [2.75, 3.05) is 19.1 Å². The molecular formula is C22H19BrClNO4. The number of carbonyl (C=O) groups excluding carboxylic acids is 2. The molecule has 29 heavy (non-hydrogen) atoms. The number of carbonyl (C=O) groups is 2. The zero-order valence-electron chi connectivity index (χ0n) is 16.4. The number of amides is 1. The monoisotopic (exact) mass is 475 g/mol. The van der Waals surface area contributed by atoms with Gasteiger partial charge in [0.2, 0.25) is 0 Å². The second-order valence-electron chi connectivity index (χ2n) is 6.47. The van der Waals surface area contributed by atoms with Gasteiger partial charge in [0.25, 0.3) is 5.91 Å². The summed E-state index contributed by atoms with van der Waals surface area (Å²) < 4.78 is 11.2. The van der Waals surface area contributed by atoms with Crippen molar-refractivity contribution < 1.29 is 19.1 Å². The number of aryl methyl sites for hydroxylation is 1. The van der Waals surface area contributed by atoms with Crippen molar-refractivity contribution in [2.45, 2.75) is 13.8 Å². The Morgan fingerprint density at radius 2 is 1.86 bits per heavy atom. The Kier molecular flexibility index (Phi) is 6.15. The van der Waals surface area contributed by atoms with Crippen LogP contribution < -0.4 is 9.64 Å². The topological polar surface area (TPSA) is 55.8 Å². The van der Waals surface area contributed by atoms with Crippen molar-refractivity contribution in [1.82, 2.24) is 0 Å². The minimum absolute atomic E-state index is 0.205. The third-order valence-electron chi connectivity index (χ3n) is 4.69. The molecule has 0 spiro atoms. The normalized spacial score (nSPS) is 15.3. The summed E-state index contributed by atoms with van der Waals surface area (Å²) >= 11 is 9.68. The first kappa shape index (κ1) is 21.1. The third-order valence-corrected chi connectivity index (χ3v) is 5.60. The molecule has 5 nitrogen and oxygen atoms in total. The van der Waals surface area contributed by atoms with Crippen LogP contribution in [0.25, 0.3) is 6.08 Å². The molecule has 0 saturated carbocycles. The maximum Gasteiger partial charge on any atom is 0.340 e. The average Bonchev–Trinajstić information content (AvgIpc) is 2.93. The molecule has 0 unspecified atom stereocenters. The summed E-state index contributed by atoms with van der Waals surface area (Å²) in [5.41, 5.74) is 3.03. The zero-order chi connectivity index (χ0) is 21.3. The summed E-state index contributed by atoms with van der Waals surface area (Å²) in [5, 5.41) is 0.536. The van der Waals surface area contributed by atoms with Gasteiger partial charge in [-0.05, 0) is 55.8 Å². The molecule has 2 aromatic rings. The van der Waals surface area contributed by atoms with Crippen molar-refractivity contribution in [3.63, 3.8) is 0 Å². The highest BCUT2D eigenvalue weighted by Gasteiger charge is 2.38. The van der Waals surface area contributed by atoms with E-state index in [-0.39, 0.29) is 17.1 Å². The lowest BCUT2D eigenvalue weighted by molar-refractivity contribution is -0.136. The van der Waals surface area contributed by atoms with Crippen molar-refractivity contribution >= 4 is 51.2 Å². The van der Waals surface area contributed by atoms with Gasteiger partial charge in [-0.25, -0.2) is 4.79 Å². The van der Waals surface area contributed by atoms with Gasteiger partial charge in [-0.3, -0.25) is 9.69 Å². The number of ether oxygens (including phenoxy) is 2. The molecule has 1 aliphatic heterocycles. The molecule has 2 aromatic carbocycles. The van der Waals surface area contributed by atoms with Gasteiger partial charge >= 0.3 is 5.97 Å². The number of benzene rings is 2. The molecule has 0 N–H and O–H groups in total. The summed E-state index contributed by atoms with van der Waals surface area (Å²) in [5.74, 6) is -0.353. The summed E-state index contributed by atoms with van der Waals surface area (Å²) in [6, 6.07) is 10.8. The van der Waals surface area contributed by atoms with E-state index in [0.29, 0.717) is 27.7 Å². The fourth-order valence-corrected chi connectivity index (χ4v) is 3.74. The lowest BCUT2D eigenvalue weighted by Crippen LogP contribution is -2.24. The molecule has 0 radical (unpaired) electrons. The second-order valence-corrected chi connectivity index (χ2v) is 7.79. The largest absolute Gasteiger partial charge is 0.496 e. The Hall–Kier alpha value is -2.57. The van der Waals surface area contributed by atoms with Crippen LogP contribution in [0.1, 0.15) is 18.1 Å². The summed E-state index contributed by atoms with van der Waals surface area (Å²) in [4.78, 5) is 27.3. The summed E-state index contributed by atoms with van der Waals surface area (Å²) in [7, 11) is 2.83. The molecule has 0 aromatic heterocycles. The molecule has 0 bridgehead atoms. The Bertz CT molecular complexity index is 1070. The molecule has 0 saturated heterocycles. The summed E-state index contributed by atoms with van der Waals surface area (Å²) in [6.45, 7) is 3.59. The van der Waals surface area contributed by atoms with Crippen LogP contribution in [-0.2, 0) is 14.3 Å². The summed E-state index contributed by atoms with van der Waals surface area (Å²) in [6.07, 6.45) is 1.64. The van der Waals surface area contributed by atoms with E-state index < -0.39 is 5.97 Å². The van der Waals surface area contributed by atoms with Crippen LogP contribution in [0, 0.1) is 6.92 Å². The Balaban J connectivity index is 2.19. The SMILES string of the molecule is COC(=O)C1=C(C)N(c2ccc(C)c(Cl)c2)C(=O)/C1=C\c1cc(Br)ccc1OC. The van der Waals surface area contributed by atoms with Crippen LogP contribution in [0.3, 0.4) is 0 Å². The van der Waals surface area contributed by atoms with Crippen LogP contribution in [0.15, 0.2) is 57.7 Å². The molecule has 3 rings (SSSR count). The molecular weight excluding hydrogens is 458 g/mol. The van der Waals surface area contributed by atoms with Gasteiger partial charge in [-0.15, -0.1) is 0 Å². The van der Waals surface area contributed by atoms with Gasteiger partial charge < -0.3 is 9.47 Å². The van der Waals surface area contributed by atoms with Gasteiger partial charge in [0.1, 0.15) is 5.75 Å². The number of hydrogen-bond acceptors (Lipinski definition) is 4. The Morgan fingerprint density at radius 1 is 1.14 bits per heavy atom. The first-order valence-electron chi connectivity index (χ1n) is 8.74. The smallest absolute Gasteiger partial charge is 0.340 e. The molecule has 7 heteroatoms. The number of anilines is 1. The van der Waals surface area contributed by atoms with Crippen LogP contribution in [0.2, 0.25) is 5.02 Å². The first-order chi connectivity index (χ1) is 13.8. The van der Waals surface area contributed by atoms with Crippen molar-refractivity contribution in [3.05, 3.63) is 73.9 Å². The average molecular weight is 477 g/mol. The number of hydrogen-bond donors (Lipinski definition) is 0. The number of nitrogens with zero attached hydrogens (tertiary/aromatic N) is 1. The van der Waals surface area contributed by atoms with E-state index >= 15 is 0 Å².